The molecule has 0 saturated carbocycles. The van der Waals surface area contributed by atoms with E-state index in [4.69, 9.17) is 25.8 Å². The standard InChI is InChI=1S/C26H24BrClN2O5S/c1-5-34-23-17(27)11-15(12-19(23)33-4)13-20-24(31)30-22(16-9-7-8-10-18(16)28)21(25(32)35-6-2)14(3)29-26(30)36-20/h7-13,22H,5-6H2,1-4H3/b20-13-. The Bertz CT molecular complexity index is 1540. The summed E-state index contributed by atoms with van der Waals surface area (Å²) >= 11 is 11.3. The average Bonchev–Trinajstić information content (AvgIpc) is 3.14. The van der Waals surface area contributed by atoms with Gasteiger partial charge in [0.05, 0.1) is 40.6 Å². The molecule has 1 atom stereocenters. The number of thiazole rings is 1. The summed E-state index contributed by atoms with van der Waals surface area (Å²) < 4.78 is 19.1. The lowest BCUT2D eigenvalue weighted by Gasteiger charge is -2.25. The maximum Gasteiger partial charge on any atom is 0.338 e. The van der Waals surface area contributed by atoms with Gasteiger partial charge in [-0.05, 0) is 72.1 Å². The topological polar surface area (TPSA) is 79.1 Å². The molecule has 0 saturated heterocycles. The Morgan fingerprint density at radius 2 is 2.00 bits per heavy atom. The predicted molar refractivity (Wildman–Crippen MR) is 144 cm³/mol. The van der Waals surface area contributed by atoms with Crippen LogP contribution in [0.5, 0.6) is 11.5 Å². The van der Waals surface area contributed by atoms with Crippen molar-refractivity contribution < 1.29 is 19.0 Å². The van der Waals surface area contributed by atoms with Gasteiger partial charge in [0.2, 0.25) is 0 Å². The largest absolute Gasteiger partial charge is 0.493 e. The van der Waals surface area contributed by atoms with Gasteiger partial charge in [-0.15, -0.1) is 0 Å². The molecule has 2 heterocycles. The van der Waals surface area contributed by atoms with E-state index in [-0.39, 0.29) is 17.7 Å². The lowest BCUT2D eigenvalue weighted by atomic mass is 9.96. The predicted octanol–water partition coefficient (Wildman–Crippen LogP) is 4.62. The van der Waals surface area contributed by atoms with Crippen molar-refractivity contribution in [3.8, 4) is 11.5 Å². The summed E-state index contributed by atoms with van der Waals surface area (Å²) in [7, 11) is 1.56. The van der Waals surface area contributed by atoms with Gasteiger partial charge in [-0.25, -0.2) is 9.79 Å². The first-order chi connectivity index (χ1) is 17.3. The van der Waals surface area contributed by atoms with Crippen molar-refractivity contribution >= 4 is 50.9 Å². The number of halogens is 2. The van der Waals surface area contributed by atoms with Crippen molar-refractivity contribution in [2.24, 2.45) is 4.99 Å². The first-order valence-electron chi connectivity index (χ1n) is 11.2. The van der Waals surface area contributed by atoms with Gasteiger partial charge >= 0.3 is 5.97 Å². The number of carbonyl (C=O) groups excluding carboxylic acids is 1. The highest BCUT2D eigenvalue weighted by molar-refractivity contribution is 9.10. The minimum Gasteiger partial charge on any atom is -0.493 e. The molecule has 7 nitrogen and oxygen atoms in total. The Morgan fingerprint density at radius 1 is 1.25 bits per heavy atom. The van der Waals surface area contributed by atoms with E-state index >= 15 is 0 Å². The number of fused-ring (bicyclic) bond motifs is 1. The highest BCUT2D eigenvalue weighted by atomic mass is 79.9. The fraction of sp³-hybridized carbons (Fsp3) is 0.269. The van der Waals surface area contributed by atoms with Crippen LogP contribution in [0.25, 0.3) is 6.08 Å². The van der Waals surface area contributed by atoms with Crippen LogP contribution in [0.4, 0.5) is 0 Å². The number of carbonyl (C=O) groups is 1. The van der Waals surface area contributed by atoms with Crippen molar-refractivity contribution in [3.05, 3.63) is 88.0 Å². The molecule has 0 fully saturated rings. The molecule has 10 heteroatoms. The van der Waals surface area contributed by atoms with Crippen LogP contribution >= 0.6 is 38.9 Å². The number of allylic oxidation sites excluding steroid dienone is 1. The van der Waals surface area contributed by atoms with Gasteiger partial charge in [-0.1, -0.05) is 41.1 Å². The maximum absolute atomic E-state index is 13.8. The fourth-order valence-corrected chi connectivity index (χ4v) is 5.90. The summed E-state index contributed by atoms with van der Waals surface area (Å²) in [5.41, 5.74) is 1.84. The van der Waals surface area contributed by atoms with Crippen LogP contribution in [0.1, 0.15) is 37.9 Å². The van der Waals surface area contributed by atoms with E-state index in [2.05, 4.69) is 20.9 Å². The van der Waals surface area contributed by atoms with Crippen LogP contribution in [0, 0.1) is 0 Å². The molecule has 0 bridgehead atoms. The number of methoxy groups -OCH3 is 1. The van der Waals surface area contributed by atoms with Crippen molar-refractivity contribution in [1.82, 2.24) is 4.57 Å². The molecule has 1 aliphatic heterocycles. The van der Waals surface area contributed by atoms with Crippen LogP contribution in [-0.4, -0.2) is 30.9 Å². The normalized spacial score (nSPS) is 15.4. The third-order valence-corrected chi connectivity index (χ3v) is 7.47. The van der Waals surface area contributed by atoms with E-state index < -0.39 is 12.0 Å². The zero-order chi connectivity index (χ0) is 26.0. The lowest BCUT2D eigenvalue weighted by molar-refractivity contribution is -0.139. The van der Waals surface area contributed by atoms with E-state index in [0.29, 0.717) is 48.2 Å². The highest BCUT2D eigenvalue weighted by Crippen LogP contribution is 2.37. The highest BCUT2D eigenvalue weighted by Gasteiger charge is 2.34. The first-order valence-corrected chi connectivity index (χ1v) is 13.2. The van der Waals surface area contributed by atoms with Crippen molar-refractivity contribution in [1.29, 1.82) is 0 Å². The summed E-state index contributed by atoms with van der Waals surface area (Å²) in [6.07, 6.45) is 1.76. The van der Waals surface area contributed by atoms with Crippen LogP contribution < -0.4 is 24.4 Å². The van der Waals surface area contributed by atoms with Gasteiger partial charge in [0.1, 0.15) is 6.04 Å². The van der Waals surface area contributed by atoms with E-state index in [0.717, 1.165) is 5.56 Å². The maximum atomic E-state index is 13.8. The molecule has 3 aromatic rings. The summed E-state index contributed by atoms with van der Waals surface area (Å²) in [6, 6.07) is 10.0. The van der Waals surface area contributed by atoms with Gasteiger partial charge < -0.3 is 14.2 Å². The van der Waals surface area contributed by atoms with E-state index in [1.165, 1.54) is 15.9 Å². The van der Waals surface area contributed by atoms with Crippen molar-refractivity contribution in [2.45, 2.75) is 26.8 Å². The molecule has 36 heavy (non-hydrogen) atoms. The number of hydrogen-bond acceptors (Lipinski definition) is 7. The van der Waals surface area contributed by atoms with Gasteiger partial charge in [-0.2, -0.15) is 0 Å². The second-order valence-electron chi connectivity index (χ2n) is 7.79. The van der Waals surface area contributed by atoms with E-state index in [1.807, 2.05) is 19.1 Å². The molecule has 1 aromatic heterocycles. The fourth-order valence-electron chi connectivity index (χ4n) is 4.04. The number of ether oxygens (including phenoxy) is 3. The molecule has 2 aromatic carbocycles. The lowest BCUT2D eigenvalue weighted by Crippen LogP contribution is -2.40. The minimum absolute atomic E-state index is 0.198. The molecule has 0 radical (unpaired) electrons. The monoisotopic (exact) mass is 590 g/mol. The first kappa shape index (κ1) is 26.2. The molecule has 1 unspecified atom stereocenters. The number of hydrogen-bond donors (Lipinski definition) is 0. The Kier molecular flexibility index (Phi) is 8.02. The second-order valence-corrected chi connectivity index (χ2v) is 10.1. The summed E-state index contributed by atoms with van der Waals surface area (Å²) in [6.45, 7) is 6.04. The summed E-state index contributed by atoms with van der Waals surface area (Å²) in [5, 5.41) is 0.439. The van der Waals surface area contributed by atoms with Crippen LogP contribution in [-0.2, 0) is 9.53 Å². The minimum atomic E-state index is -0.766. The van der Waals surface area contributed by atoms with Gasteiger partial charge in [0.15, 0.2) is 16.3 Å². The molecule has 0 spiro atoms. The Balaban J connectivity index is 1.94. The third-order valence-electron chi connectivity index (χ3n) is 5.56. The number of esters is 1. The Labute approximate surface area is 225 Å². The van der Waals surface area contributed by atoms with Crippen LogP contribution in [0.3, 0.4) is 0 Å². The molecule has 0 amide bonds. The molecule has 0 N–H and O–H groups in total. The summed E-state index contributed by atoms with van der Waals surface area (Å²) in [5.74, 6) is 0.602. The SMILES string of the molecule is CCOC(=O)C1=C(C)N=c2s/c(=C\c3cc(Br)c(OCC)c(OC)c3)c(=O)n2C1c1ccccc1Cl. The Hall–Kier alpha value is -2.88. The van der Waals surface area contributed by atoms with Gasteiger partial charge in [0, 0.05) is 5.02 Å². The zero-order valence-electron chi connectivity index (χ0n) is 20.1. The zero-order valence-corrected chi connectivity index (χ0v) is 23.3. The van der Waals surface area contributed by atoms with Gasteiger partial charge in [0.25, 0.3) is 5.56 Å². The van der Waals surface area contributed by atoms with Crippen LogP contribution in [0.2, 0.25) is 5.02 Å². The van der Waals surface area contributed by atoms with E-state index in [1.54, 1.807) is 51.3 Å². The molecular formula is C26H24BrClN2O5S. The van der Waals surface area contributed by atoms with E-state index in [9.17, 15) is 9.59 Å². The smallest absolute Gasteiger partial charge is 0.338 e. The van der Waals surface area contributed by atoms with Crippen molar-refractivity contribution in [3.63, 3.8) is 0 Å². The number of rotatable bonds is 7. The molecule has 1 aliphatic rings. The number of aromatic nitrogens is 1. The quantitative estimate of drug-likeness (QED) is 0.375. The number of benzene rings is 2. The molecule has 0 aliphatic carbocycles. The second kappa shape index (κ2) is 11.0. The average molecular weight is 592 g/mol. The third kappa shape index (κ3) is 4.87. The van der Waals surface area contributed by atoms with Gasteiger partial charge in [-0.3, -0.25) is 9.36 Å². The van der Waals surface area contributed by atoms with Crippen LogP contribution in [0.15, 0.2) is 61.9 Å². The Morgan fingerprint density at radius 3 is 2.67 bits per heavy atom. The number of nitrogens with zero attached hydrogens (tertiary/aromatic N) is 2. The van der Waals surface area contributed by atoms with Crippen molar-refractivity contribution in [2.75, 3.05) is 20.3 Å². The molecular weight excluding hydrogens is 568 g/mol. The molecule has 4 rings (SSSR count). The molecule has 188 valence electrons. The summed E-state index contributed by atoms with van der Waals surface area (Å²) in [4.78, 5) is 31.8.